The number of anilines is 3. The molecule has 0 unspecified atom stereocenters. The average Bonchev–Trinajstić information content (AvgIpc) is 3.14. The zero-order valence-corrected chi connectivity index (χ0v) is 16.6. The van der Waals surface area contributed by atoms with Crippen molar-refractivity contribution in [3.05, 3.63) is 53.6 Å². The van der Waals surface area contributed by atoms with Gasteiger partial charge in [-0.1, -0.05) is 6.07 Å². The molecular weight excluding hydrogens is 370 g/mol. The first-order valence-corrected chi connectivity index (χ1v) is 9.29. The molecule has 9 heteroatoms. The molecule has 3 aromatic rings. The number of carbonyl (C=O) groups excluding carboxylic acids is 1. The van der Waals surface area contributed by atoms with Crippen molar-refractivity contribution in [2.24, 2.45) is 0 Å². The van der Waals surface area contributed by atoms with E-state index in [1.54, 1.807) is 7.11 Å². The van der Waals surface area contributed by atoms with Crippen LogP contribution in [0.2, 0.25) is 0 Å². The number of carbonyl (C=O) groups is 1. The highest BCUT2D eigenvalue weighted by Gasteiger charge is 2.22. The monoisotopic (exact) mass is 393 g/mol. The molecule has 4 rings (SSSR count). The Balaban J connectivity index is 1.43. The van der Waals surface area contributed by atoms with E-state index in [1.165, 1.54) is 0 Å². The fraction of sp³-hybridized carbons (Fsp3) is 0.300. The highest BCUT2D eigenvalue weighted by Crippen LogP contribution is 2.32. The molecule has 29 heavy (non-hydrogen) atoms. The van der Waals surface area contributed by atoms with Crippen LogP contribution in [0.15, 0.2) is 36.7 Å². The number of nitrogens with zero attached hydrogens (tertiary/aromatic N) is 5. The smallest absolute Gasteiger partial charge is 0.243 e. The van der Waals surface area contributed by atoms with Gasteiger partial charge >= 0.3 is 0 Å². The normalized spacial score (nSPS) is 13.1. The summed E-state index contributed by atoms with van der Waals surface area (Å²) in [6.45, 7) is 3.38. The Morgan fingerprint density at radius 1 is 1.31 bits per heavy atom. The molecule has 0 saturated heterocycles. The van der Waals surface area contributed by atoms with E-state index in [1.807, 2.05) is 60.2 Å². The molecule has 0 saturated carbocycles. The van der Waals surface area contributed by atoms with E-state index in [4.69, 9.17) is 4.74 Å². The second-order valence-electron chi connectivity index (χ2n) is 6.96. The molecule has 4 heterocycles. The summed E-state index contributed by atoms with van der Waals surface area (Å²) in [4.78, 5) is 22.6. The van der Waals surface area contributed by atoms with E-state index in [0.717, 1.165) is 34.1 Å². The minimum atomic E-state index is -0.0245. The number of hydrogen-bond donors (Lipinski definition) is 2. The maximum Gasteiger partial charge on any atom is 0.243 e. The molecule has 1 amide bonds. The van der Waals surface area contributed by atoms with Crippen LogP contribution >= 0.6 is 0 Å². The SMILES string of the molecule is COc1cccc(Cn2cc(CNc3cc4c(c(C)n3)NC(=O)CN4C)cn2)n1. The van der Waals surface area contributed by atoms with Crippen molar-refractivity contribution in [1.29, 1.82) is 0 Å². The topological polar surface area (TPSA) is 97.2 Å². The van der Waals surface area contributed by atoms with Gasteiger partial charge in [-0.05, 0) is 13.0 Å². The third-order valence-electron chi connectivity index (χ3n) is 4.71. The molecule has 0 radical (unpaired) electrons. The van der Waals surface area contributed by atoms with Crippen LogP contribution in [-0.2, 0) is 17.9 Å². The number of rotatable bonds is 6. The zero-order chi connectivity index (χ0) is 20.4. The Morgan fingerprint density at radius 2 is 2.17 bits per heavy atom. The van der Waals surface area contributed by atoms with Gasteiger partial charge in [-0.2, -0.15) is 5.10 Å². The van der Waals surface area contributed by atoms with Gasteiger partial charge in [0.25, 0.3) is 0 Å². The number of aromatic nitrogens is 4. The second-order valence-corrected chi connectivity index (χ2v) is 6.96. The lowest BCUT2D eigenvalue weighted by atomic mass is 10.2. The van der Waals surface area contributed by atoms with Crippen LogP contribution in [0.5, 0.6) is 5.88 Å². The molecule has 0 atom stereocenters. The molecule has 0 bridgehead atoms. The van der Waals surface area contributed by atoms with Gasteiger partial charge in [-0.15, -0.1) is 0 Å². The van der Waals surface area contributed by atoms with E-state index in [9.17, 15) is 4.79 Å². The van der Waals surface area contributed by atoms with Gasteiger partial charge in [-0.25, -0.2) is 9.97 Å². The average molecular weight is 393 g/mol. The number of nitrogens with one attached hydrogen (secondary N) is 2. The molecule has 150 valence electrons. The fourth-order valence-corrected chi connectivity index (χ4v) is 3.28. The first-order valence-electron chi connectivity index (χ1n) is 9.29. The van der Waals surface area contributed by atoms with Crippen molar-refractivity contribution >= 4 is 23.1 Å². The quantitative estimate of drug-likeness (QED) is 0.661. The van der Waals surface area contributed by atoms with Crippen molar-refractivity contribution in [2.45, 2.75) is 20.0 Å². The molecular formula is C20H23N7O2. The molecule has 0 aliphatic carbocycles. The molecule has 0 spiro atoms. The van der Waals surface area contributed by atoms with Crippen molar-refractivity contribution in [1.82, 2.24) is 19.7 Å². The summed E-state index contributed by atoms with van der Waals surface area (Å²) < 4.78 is 7.00. The Hall–Kier alpha value is -3.62. The molecule has 0 fully saturated rings. The lowest BCUT2D eigenvalue weighted by molar-refractivity contribution is -0.115. The van der Waals surface area contributed by atoms with Crippen LogP contribution in [0.4, 0.5) is 17.2 Å². The van der Waals surface area contributed by atoms with Crippen LogP contribution in [0.1, 0.15) is 17.0 Å². The van der Waals surface area contributed by atoms with E-state index < -0.39 is 0 Å². The number of likely N-dealkylation sites (N-methyl/N-ethyl adjacent to an activating group) is 1. The lowest BCUT2D eigenvalue weighted by Gasteiger charge is -2.28. The first-order chi connectivity index (χ1) is 14.0. The van der Waals surface area contributed by atoms with E-state index in [2.05, 4.69) is 25.7 Å². The minimum Gasteiger partial charge on any atom is -0.481 e. The highest BCUT2D eigenvalue weighted by molar-refractivity contribution is 6.02. The van der Waals surface area contributed by atoms with Crippen molar-refractivity contribution in [2.75, 3.05) is 36.2 Å². The third-order valence-corrected chi connectivity index (χ3v) is 4.71. The Kier molecular flexibility index (Phi) is 5.03. The summed E-state index contributed by atoms with van der Waals surface area (Å²) >= 11 is 0. The lowest BCUT2D eigenvalue weighted by Crippen LogP contribution is -2.36. The summed E-state index contributed by atoms with van der Waals surface area (Å²) in [5.41, 5.74) is 4.42. The predicted octanol–water partition coefficient (Wildman–Crippen LogP) is 2.04. The summed E-state index contributed by atoms with van der Waals surface area (Å²) in [5, 5.41) is 10.6. The molecule has 9 nitrogen and oxygen atoms in total. The standard InChI is InChI=1S/C20H23N7O2/c1-13-20-16(26(2)12-18(28)25-20)7-17(23-13)21-8-14-9-22-27(10-14)11-15-5-4-6-19(24-15)29-3/h4-7,9-10H,8,11-12H2,1-3H3,(H,21,23)(H,25,28). The Bertz CT molecular complexity index is 1050. The third kappa shape index (κ3) is 4.13. The van der Waals surface area contributed by atoms with Crippen LogP contribution < -0.4 is 20.3 Å². The maximum atomic E-state index is 11.7. The van der Waals surface area contributed by atoms with E-state index in [-0.39, 0.29) is 5.91 Å². The van der Waals surface area contributed by atoms with Crippen LogP contribution in [0.25, 0.3) is 0 Å². The number of fused-ring (bicyclic) bond motifs is 1. The van der Waals surface area contributed by atoms with Gasteiger partial charge in [-0.3, -0.25) is 9.48 Å². The van der Waals surface area contributed by atoms with Crippen LogP contribution in [0.3, 0.4) is 0 Å². The molecule has 3 aromatic heterocycles. The fourth-order valence-electron chi connectivity index (χ4n) is 3.28. The van der Waals surface area contributed by atoms with E-state index in [0.29, 0.717) is 25.5 Å². The number of methoxy groups -OCH3 is 1. The number of pyridine rings is 2. The first kappa shape index (κ1) is 18.7. The zero-order valence-electron chi connectivity index (χ0n) is 16.6. The van der Waals surface area contributed by atoms with E-state index >= 15 is 0 Å². The van der Waals surface area contributed by atoms with Crippen molar-refractivity contribution in [3.63, 3.8) is 0 Å². The number of ether oxygens (including phenoxy) is 1. The molecule has 0 aromatic carbocycles. The second kappa shape index (κ2) is 7.78. The molecule has 2 N–H and O–H groups in total. The minimum absolute atomic E-state index is 0.0245. The van der Waals surface area contributed by atoms with Gasteiger partial charge in [0, 0.05) is 37.5 Å². The van der Waals surface area contributed by atoms with Gasteiger partial charge < -0.3 is 20.3 Å². The van der Waals surface area contributed by atoms with Crippen molar-refractivity contribution in [3.8, 4) is 5.88 Å². The van der Waals surface area contributed by atoms with Gasteiger partial charge in [0.1, 0.15) is 5.82 Å². The van der Waals surface area contributed by atoms with Gasteiger partial charge in [0.05, 0.1) is 49.2 Å². The largest absolute Gasteiger partial charge is 0.481 e. The number of aryl methyl sites for hydroxylation is 1. The summed E-state index contributed by atoms with van der Waals surface area (Å²) in [5.74, 6) is 1.32. The van der Waals surface area contributed by atoms with Crippen LogP contribution in [-0.4, -0.2) is 46.4 Å². The maximum absolute atomic E-state index is 11.7. The Morgan fingerprint density at radius 3 is 3.00 bits per heavy atom. The van der Waals surface area contributed by atoms with Gasteiger partial charge in [0.2, 0.25) is 11.8 Å². The molecule has 1 aliphatic heterocycles. The molecule has 1 aliphatic rings. The predicted molar refractivity (Wildman–Crippen MR) is 110 cm³/mol. The highest BCUT2D eigenvalue weighted by atomic mass is 16.5. The van der Waals surface area contributed by atoms with Crippen molar-refractivity contribution < 1.29 is 9.53 Å². The van der Waals surface area contributed by atoms with Gasteiger partial charge in [0.15, 0.2) is 0 Å². The number of hydrogen-bond acceptors (Lipinski definition) is 7. The number of amides is 1. The van der Waals surface area contributed by atoms with Crippen LogP contribution in [0, 0.1) is 6.92 Å². The Labute approximate surface area is 168 Å². The summed E-state index contributed by atoms with van der Waals surface area (Å²) in [6, 6.07) is 7.62. The summed E-state index contributed by atoms with van der Waals surface area (Å²) in [6.07, 6.45) is 3.80. The summed E-state index contributed by atoms with van der Waals surface area (Å²) in [7, 11) is 3.50.